The number of amides is 1. The Labute approximate surface area is 211 Å². The van der Waals surface area contributed by atoms with E-state index in [1.54, 1.807) is 26.4 Å². The SMILES string of the molecule is COc1ccc(OC)c(C(c2oc3ccccc3c2NC(=O)c2ccccc2)N2CCN(C)CC2)c1. The van der Waals surface area contributed by atoms with E-state index in [0.717, 1.165) is 54.2 Å². The van der Waals surface area contributed by atoms with E-state index in [1.807, 2.05) is 60.7 Å². The maximum atomic E-state index is 13.3. The smallest absolute Gasteiger partial charge is 0.255 e. The van der Waals surface area contributed by atoms with Crippen molar-refractivity contribution in [3.63, 3.8) is 0 Å². The molecule has 1 atom stereocenters. The molecule has 0 saturated carbocycles. The predicted octanol–water partition coefficient (Wildman–Crippen LogP) is 5.04. The van der Waals surface area contributed by atoms with Crippen molar-refractivity contribution >= 4 is 22.6 Å². The number of benzene rings is 3. The minimum atomic E-state index is -0.290. The number of likely N-dealkylation sites (N-methyl/N-ethyl adjacent to an activating group) is 1. The van der Waals surface area contributed by atoms with Gasteiger partial charge in [0, 0.05) is 42.7 Å². The summed E-state index contributed by atoms with van der Waals surface area (Å²) in [6.45, 7) is 3.53. The molecule has 0 spiro atoms. The molecule has 1 unspecified atom stereocenters. The molecule has 1 N–H and O–H groups in total. The number of para-hydroxylation sites is 1. The molecule has 1 aliphatic rings. The van der Waals surface area contributed by atoms with Crippen LogP contribution in [0.5, 0.6) is 11.5 Å². The van der Waals surface area contributed by atoms with Crippen molar-refractivity contribution in [2.24, 2.45) is 0 Å². The summed E-state index contributed by atoms with van der Waals surface area (Å²) in [6.07, 6.45) is 0. The molecule has 1 saturated heterocycles. The maximum absolute atomic E-state index is 13.3. The van der Waals surface area contributed by atoms with Crippen molar-refractivity contribution in [2.45, 2.75) is 6.04 Å². The second kappa shape index (κ2) is 10.4. The van der Waals surface area contributed by atoms with Crippen molar-refractivity contribution in [2.75, 3.05) is 52.8 Å². The fourth-order valence-corrected chi connectivity index (χ4v) is 4.80. The quantitative estimate of drug-likeness (QED) is 0.396. The highest BCUT2D eigenvalue weighted by molar-refractivity contribution is 6.09. The number of hydrogen-bond donors (Lipinski definition) is 1. The van der Waals surface area contributed by atoms with Gasteiger partial charge in [0.2, 0.25) is 0 Å². The van der Waals surface area contributed by atoms with Gasteiger partial charge in [-0.2, -0.15) is 0 Å². The summed E-state index contributed by atoms with van der Waals surface area (Å²) in [5.74, 6) is 1.96. The Bertz CT molecular complexity index is 1340. The zero-order valence-corrected chi connectivity index (χ0v) is 20.9. The molecule has 1 fully saturated rings. The van der Waals surface area contributed by atoms with E-state index < -0.39 is 0 Å². The van der Waals surface area contributed by atoms with E-state index in [1.165, 1.54) is 0 Å². The fraction of sp³-hybridized carbons (Fsp3) is 0.276. The summed E-state index contributed by atoms with van der Waals surface area (Å²) in [6, 6.07) is 22.5. The van der Waals surface area contributed by atoms with E-state index in [-0.39, 0.29) is 11.9 Å². The van der Waals surface area contributed by atoms with Gasteiger partial charge in [0.05, 0.1) is 25.9 Å². The number of nitrogens with zero attached hydrogens (tertiary/aromatic N) is 2. The van der Waals surface area contributed by atoms with Gasteiger partial charge in [-0.15, -0.1) is 0 Å². The fourth-order valence-electron chi connectivity index (χ4n) is 4.80. The van der Waals surface area contributed by atoms with Crippen LogP contribution in [0, 0.1) is 0 Å². The minimum Gasteiger partial charge on any atom is -0.497 e. The number of carbonyl (C=O) groups excluding carboxylic acids is 1. The normalized spacial score (nSPS) is 15.5. The number of ether oxygens (including phenoxy) is 2. The molecule has 1 aromatic heterocycles. The number of anilines is 1. The molecule has 0 bridgehead atoms. The highest BCUT2D eigenvalue weighted by atomic mass is 16.5. The van der Waals surface area contributed by atoms with Gasteiger partial charge in [0.1, 0.15) is 17.1 Å². The first-order valence-corrected chi connectivity index (χ1v) is 12.1. The van der Waals surface area contributed by atoms with Crippen LogP contribution in [0.2, 0.25) is 0 Å². The van der Waals surface area contributed by atoms with Crippen molar-refractivity contribution in [3.05, 3.63) is 89.7 Å². The van der Waals surface area contributed by atoms with E-state index >= 15 is 0 Å². The topological polar surface area (TPSA) is 67.2 Å². The van der Waals surface area contributed by atoms with Crippen LogP contribution >= 0.6 is 0 Å². The lowest BCUT2D eigenvalue weighted by Gasteiger charge is -2.38. The first-order valence-electron chi connectivity index (χ1n) is 12.1. The van der Waals surface area contributed by atoms with Crippen molar-refractivity contribution in [3.8, 4) is 11.5 Å². The summed E-state index contributed by atoms with van der Waals surface area (Å²) < 4.78 is 17.9. The third-order valence-corrected chi connectivity index (χ3v) is 6.78. The number of rotatable bonds is 7. The molecule has 1 aliphatic heterocycles. The lowest BCUT2D eigenvalue weighted by Crippen LogP contribution is -2.46. The highest BCUT2D eigenvalue weighted by Crippen LogP contribution is 2.44. The first kappa shape index (κ1) is 23.9. The first-order chi connectivity index (χ1) is 17.6. The van der Waals surface area contributed by atoms with Crippen LogP contribution in [-0.4, -0.2) is 63.2 Å². The van der Waals surface area contributed by atoms with Crippen LogP contribution in [-0.2, 0) is 0 Å². The van der Waals surface area contributed by atoms with E-state index in [0.29, 0.717) is 17.0 Å². The average molecular weight is 486 g/mol. The van der Waals surface area contributed by atoms with Crippen molar-refractivity contribution < 1.29 is 18.7 Å². The number of nitrogens with one attached hydrogen (secondary N) is 1. The second-order valence-corrected chi connectivity index (χ2v) is 9.01. The summed E-state index contributed by atoms with van der Waals surface area (Å²) in [5, 5.41) is 4.03. The molecule has 4 aromatic rings. The van der Waals surface area contributed by atoms with Gasteiger partial charge >= 0.3 is 0 Å². The van der Waals surface area contributed by atoms with Crippen LogP contribution in [0.25, 0.3) is 11.0 Å². The van der Waals surface area contributed by atoms with Gasteiger partial charge in [0.15, 0.2) is 5.76 Å². The van der Waals surface area contributed by atoms with Gasteiger partial charge in [-0.1, -0.05) is 30.3 Å². The third kappa shape index (κ3) is 4.67. The minimum absolute atomic E-state index is 0.182. The lowest BCUT2D eigenvalue weighted by molar-refractivity contribution is 0.102. The van der Waals surface area contributed by atoms with E-state index in [4.69, 9.17) is 13.9 Å². The number of hydrogen-bond acceptors (Lipinski definition) is 6. The summed E-state index contributed by atoms with van der Waals surface area (Å²) in [7, 11) is 5.46. The average Bonchev–Trinajstić information content (AvgIpc) is 3.28. The van der Waals surface area contributed by atoms with Gasteiger partial charge in [-0.3, -0.25) is 9.69 Å². The predicted molar refractivity (Wildman–Crippen MR) is 141 cm³/mol. The molecular formula is C29H31N3O4. The Morgan fingerprint density at radius 1 is 0.917 bits per heavy atom. The highest BCUT2D eigenvalue weighted by Gasteiger charge is 2.34. The van der Waals surface area contributed by atoms with Gasteiger partial charge < -0.3 is 24.1 Å². The van der Waals surface area contributed by atoms with Gasteiger partial charge in [-0.25, -0.2) is 0 Å². The van der Waals surface area contributed by atoms with Crippen LogP contribution in [0.1, 0.15) is 27.7 Å². The molecule has 7 nitrogen and oxygen atoms in total. The molecule has 0 aliphatic carbocycles. The summed E-state index contributed by atoms with van der Waals surface area (Å²) >= 11 is 0. The molecule has 3 aromatic carbocycles. The summed E-state index contributed by atoms with van der Waals surface area (Å²) in [5.41, 5.74) is 2.91. The Kier molecular flexibility index (Phi) is 6.93. The largest absolute Gasteiger partial charge is 0.497 e. The Balaban J connectivity index is 1.68. The van der Waals surface area contributed by atoms with Crippen molar-refractivity contribution in [1.82, 2.24) is 9.80 Å². The number of furan rings is 1. The van der Waals surface area contributed by atoms with E-state index in [2.05, 4.69) is 22.2 Å². The zero-order valence-electron chi connectivity index (χ0n) is 20.9. The number of carbonyl (C=O) groups is 1. The molecule has 2 heterocycles. The molecule has 7 heteroatoms. The number of fused-ring (bicyclic) bond motifs is 1. The molecule has 186 valence electrons. The van der Waals surface area contributed by atoms with Crippen LogP contribution < -0.4 is 14.8 Å². The standard InChI is InChI=1S/C29H31N3O4/c1-31-15-17-32(18-16-31)27(23-19-21(34-2)13-14-24(23)35-3)28-26(22-11-7-8-12-25(22)36-28)30-29(33)20-9-5-4-6-10-20/h4-14,19,27H,15-18H2,1-3H3,(H,30,33). The van der Waals surface area contributed by atoms with Gasteiger partial charge in [-0.05, 0) is 49.5 Å². The van der Waals surface area contributed by atoms with E-state index in [9.17, 15) is 4.79 Å². The van der Waals surface area contributed by atoms with Crippen LogP contribution in [0.15, 0.2) is 77.2 Å². The Morgan fingerprint density at radius 3 is 2.36 bits per heavy atom. The molecule has 5 rings (SSSR count). The van der Waals surface area contributed by atoms with Crippen LogP contribution in [0.4, 0.5) is 5.69 Å². The second-order valence-electron chi connectivity index (χ2n) is 9.01. The molecule has 0 radical (unpaired) electrons. The number of piperazine rings is 1. The van der Waals surface area contributed by atoms with Crippen LogP contribution in [0.3, 0.4) is 0 Å². The van der Waals surface area contributed by atoms with Crippen molar-refractivity contribution in [1.29, 1.82) is 0 Å². The molecule has 1 amide bonds. The lowest BCUT2D eigenvalue weighted by atomic mass is 9.98. The Hall–Kier alpha value is -3.81. The maximum Gasteiger partial charge on any atom is 0.255 e. The summed E-state index contributed by atoms with van der Waals surface area (Å²) in [4.78, 5) is 18.0. The molecule has 36 heavy (non-hydrogen) atoms. The number of methoxy groups -OCH3 is 2. The third-order valence-electron chi connectivity index (χ3n) is 6.78. The van der Waals surface area contributed by atoms with Gasteiger partial charge in [0.25, 0.3) is 5.91 Å². The monoisotopic (exact) mass is 485 g/mol. The molecular weight excluding hydrogens is 454 g/mol. The zero-order chi connectivity index (χ0) is 25.1. The Morgan fingerprint density at radius 2 is 1.64 bits per heavy atom.